The van der Waals surface area contributed by atoms with E-state index in [2.05, 4.69) is 15.8 Å². The lowest BCUT2D eigenvalue weighted by molar-refractivity contribution is -0.383. The fraction of sp³-hybridized carbons (Fsp3) is 0. The molecule has 1 aromatic heterocycles. The van der Waals surface area contributed by atoms with E-state index in [1.165, 1.54) is 18.2 Å². The second-order valence-corrected chi connectivity index (χ2v) is 4.80. The van der Waals surface area contributed by atoms with Crippen LogP contribution < -0.4 is 10.6 Å². The zero-order valence-corrected chi connectivity index (χ0v) is 12.3. The van der Waals surface area contributed by atoms with Crippen LogP contribution in [-0.2, 0) is 0 Å². The van der Waals surface area contributed by atoms with E-state index >= 15 is 0 Å². The summed E-state index contributed by atoms with van der Waals surface area (Å²) >= 11 is 0. The predicted octanol–water partition coefficient (Wildman–Crippen LogP) is 3.89. The first-order valence-electron chi connectivity index (χ1n) is 6.97. The van der Waals surface area contributed by atoms with Crippen molar-refractivity contribution in [2.75, 3.05) is 10.6 Å². The molecule has 0 aliphatic heterocycles. The number of carbonyl (C=O) groups is 1. The molecule has 0 saturated heterocycles. The smallest absolute Gasteiger partial charge is 0.325 e. The Morgan fingerprint density at radius 2 is 1.75 bits per heavy atom. The molecule has 0 fully saturated rings. The number of benzene rings is 2. The van der Waals surface area contributed by atoms with E-state index in [9.17, 15) is 14.9 Å². The number of urea groups is 1. The van der Waals surface area contributed by atoms with Crippen LogP contribution in [0.5, 0.6) is 0 Å². The minimum Gasteiger partial charge on any atom is -0.354 e. The lowest BCUT2D eigenvalue weighted by atomic mass is 10.2. The van der Waals surface area contributed by atoms with Gasteiger partial charge in [0, 0.05) is 17.7 Å². The van der Waals surface area contributed by atoms with Crippen molar-refractivity contribution in [3.05, 3.63) is 70.8 Å². The van der Waals surface area contributed by atoms with Gasteiger partial charge < -0.3 is 9.84 Å². The topological polar surface area (TPSA) is 110 Å². The second kappa shape index (κ2) is 6.61. The number of rotatable bonds is 4. The summed E-state index contributed by atoms with van der Waals surface area (Å²) in [5.41, 5.74) is 0.710. The van der Waals surface area contributed by atoms with Gasteiger partial charge in [0.05, 0.1) is 4.92 Å². The highest BCUT2D eigenvalue weighted by atomic mass is 16.6. The summed E-state index contributed by atoms with van der Waals surface area (Å²) in [5.74, 6) is 0.696. The van der Waals surface area contributed by atoms with E-state index in [-0.39, 0.29) is 17.2 Å². The largest absolute Gasteiger partial charge is 0.354 e. The van der Waals surface area contributed by atoms with E-state index in [0.29, 0.717) is 5.76 Å². The molecule has 0 aliphatic carbocycles. The number of nitro groups is 1. The third-order valence-corrected chi connectivity index (χ3v) is 3.16. The average molecular weight is 324 g/mol. The van der Waals surface area contributed by atoms with E-state index in [0.717, 1.165) is 5.56 Å². The van der Waals surface area contributed by atoms with Crippen molar-refractivity contribution >= 4 is 23.2 Å². The lowest BCUT2D eigenvalue weighted by Crippen LogP contribution is -2.20. The first-order valence-corrected chi connectivity index (χ1v) is 6.97. The van der Waals surface area contributed by atoms with E-state index in [1.807, 2.05) is 30.3 Å². The minimum absolute atomic E-state index is 0.0896. The first kappa shape index (κ1) is 15.2. The van der Waals surface area contributed by atoms with E-state index < -0.39 is 11.0 Å². The maximum Gasteiger partial charge on any atom is 0.325 e. The molecule has 0 unspecified atom stereocenters. The van der Waals surface area contributed by atoms with Gasteiger partial charge in [-0.05, 0) is 6.07 Å². The Kier molecular flexibility index (Phi) is 4.19. The maximum atomic E-state index is 12.0. The van der Waals surface area contributed by atoms with Crippen LogP contribution in [0.2, 0.25) is 0 Å². The lowest BCUT2D eigenvalue weighted by Gasteiger charge is -2.05. The molecule has 2 aromatic carbocycles. The van der Waals surface area contributed by atoms with Gasteiger partial charge >= 0.3 is 6.03 Å². The molecule has 120 valence electrons. The van der Waals surface area contributed by atoms with Crippen molar-refractivity contribution < 1.29 is 14.2 Å². The Morgan fingerprint density at radius 1 is 1.04 bits per heavy atom. The van der Waals surface area contributed by atoms with Gasteiger partial charge in [0.25, 0.3) is 5.69 Å². The van der Waals surface area contributed by atoms with Gasteiger partial charge in [-0.3, -0.25) is 15.4 Å². The second-order valence-electron chi connectivity index (χ2n) is 4.80. The molecule has 0 radical (unpaired) electrons. The Morgan fingerprint density at radius 3 is 2.50 bits per heavy atom. The summed E-state index contributed by atoms with van der Waals surface area (Å²) in [4.78, 5) is 22.3. The number of nitrogens with zero attached hydrogens (tertiary/aromatic N) is 2. The fourth-order valence-corrected chi connectivity index (χ4v) is 2.08. The van der Waals surface area contributed by atoms with Gasteiger partial charge in [0.1, 0.15) is 5.69 Å². The van der Waals surface area contributed by atoms with E-state index in [1.54, 1.807) is 12.1 Å². The number of carbonyl (C=O) groups excluding carboxylic acids is 1. The standard InChI is InChI=1S/C16H12N4O4/c21-16(17-12-8-4-5-9-13(12)20(22)23)18-15-10-14(24-19-15)11-6-2-1-3-7-11/h1-10H,(H2,17,18,19,21). The summed E-state index contributed by atoms with van der Waals surface area (Å²) in [6.07, 6.45) is 0. The summed E-state index contributed by atoms with van der Waals surface area (Å²) < 4.78 is 5.16. The Hall–Kier alpha value is -3.68. The van der Waals surface area contributed by atoms with Crippen LogP contribution in [0.1, 0.15) is 0 Å². The molecule has 2 N–H and O–H groups in total. The summed E-state index contributed by atoms with van der Waals surface area (Å²) in [7, 11) is 0. The Bertz CT molecular complexity index is 877. The van der Waals surface area contributed by atoms with Crippen LogP contribution >= 0.6 is 0 Å². The summed E-state index contributed by atoms with van der Waals surface area (Å²) in [5, 5.41) is 19.6. The number of nitrogens with one attached hydrogen (secondary N) is 2. The molecule has 8 nitrogen and oxygen atoms in total. The zero-order chi connectivity index (χ0) is 16.9. The maximum absolute atomic E-state index is 12.0. The molecule has 0 aliphatic rings. The van der Waals surface area contributed by atoms with Crippen LogP contribution in [0.25, 0.3) is 11.3 Å². The number of nitro benzene ring substituents is 1. The molecule has 0 atom stereocenters. The van der Waals surface area contributed by atoms with Crippen LogP contribution in [0.3, 0.4) is 0 Å². The normalized spacial score (nSPS) is 10.2. The summed E-state index contributed by atoms with van der Waals surface area (Å²) in [6.45, 7) is 0. The third-order valence-electron chi connectivity index (χ3n) is 3.16. The molecular weight excluding hydrogens is 312 g/mol. The SMILES string of the molecule is O=C(Nc1cc(-c2ccccc2)on1)Nc1ccccc1[N+](=O)[O-]. The Balaban J connectivity index is 1.70. The molecule has 0 saturated carbocycles. The predicted molar refractivity (Wildman–Crippen MR) is 87.7 cm³/mol. The van der Waals surface area contributed by atoms with Gasteiger partial charge in [0.15, 0.2) is 11.6 Å². The van der Waals surface area contributed by atoms with Crippen LogP contribution in [0.15, 0.2) is 65.2 Å². The van der Waals surface area contributed by atoms with Gasteiger partial charge in [-0.25, -0.2) is 4.79 Å². The quantitative estimate of drug-likeness (QED) is 0.558. The molecule has 0 bridgehead atoms. The van der Waals surface area contributed by atoms with Crippen molar-refractivity contribution in [2.45, 2.75) is 0 Å². The highest BCUT2D eigenvalue weighted by molar-refractivity contribution is 6.00. The number of anilines is 2. The Labute approximate surface area is 136 Å². The van der Waals surface area contributed by atoms with Crippen molar-refractivity contribution in [1.82, 2.24) is 5.16 Å². The highest BCUT2D eigenvalue weighted by Gasteiger charge is 2.15. The molecule has 2 amide bonds. The molecule has 24 heavy (non-hydrogen) atoms. The van der Waals surface area contributed by atoms with Crippen LogP contribution in [0.4, 0.5) is 22.0 Å². The fourth-order valence-electron chi connectivity index (χ4n) is 2.08. The molecular formula is C16H12N4O4. The molecule has 0 spiro atoms. The number of hydrogen-bond donors (Lipinski definition) is 2. The highest BCUT2D eigenvalue weighted by Crippen LogP contribution is 2.24. The van der Waals surface area contributed by atoms with Gasteiger partial charge in [-0.2, -0.15) is 0 Å². The van der Waals surface area contributed by atoms with Gasteiger partial charge in [-0.15, -0.1) is 0 Å². The molecule has 3 aromatic rings. The van der Waals surface area contributed by atoms with Crippen LogP contribution in [0, 0.1) is 10.1 Å². The number of para-hydroxylation sites is 2. The van der Waals surface area contributed by atoms with Crippen molar-refractivity contribution in [2.24, 2.45) is 0 Å². The van der Waals surface area contributed by atoms with Crippen LogP contribution in [-0.4, -0.2) is 16.1 Å². The van der Waals surface area contributed by atoms with Crippen molar-refractivity contribution in [3.63, 3.8) is 0 Å². The average Bonchev–Trinajstić information content (AvgIpc) is 3.04. The number of aromatic nitrogens is 1. The third kappa shape index (κ3) is 3.38. The first-order chi connectivity index (χ1) is 11.6. The number of amides is 2. The van der Waals surface area contributed by atoms with E-state index in [4.69, 9.17) is 4.52 Å². The zero-order valence-electron chi connectivity index (χ0n) is 12.3. The monoisotopic (exact) mass is 324 g/mol. The van der Waals surface area contributed by atoms with Gasteiger partial charge in [-0.1, -0.05) is 47.6 Å². The molecule has 1 heterocycles. The minimum atomic E-state index is -0.655. The summed E-state index contributed by atoms with van der Waals surface area (Å²) in [6, 6.07) is 16.0. The van der Waals surface area contributed by atoms with Crippen molar-refractivity contribution in [1.29, 1.82) is 0 Å². The van der Waals surface area contributed by atoms with Gasteiger partial charge in [0.2, 0.25) is 0 Å². The molecule has 8 heteroatoms. The molecule has 3 rings (SSSR count). The van der Waals surface area contributed by atoms with Crippen molar-refractivity contribution in [3.8, 4) is 11.3 Å². The number of hydrogen-bond acceptors (Lipinski definition) is 5.